The monoisotopic (exact) mass is 1150 g/mol. The zero-order valence-corrected chi connectivity index (χ0v) is 54.4. The Morgan fingerprint density at radius 1 is 0.253 bits per heavy atom. The van der Waals surface area contributed by atoms with Crippen LogP contribution in [0.15, 0.2) is 122 Å². The van der Waals surface area contributed by atoms with Crippen molar-refractivity contribution in [3.05, 3.63) is 122 Å². The van der Waals surface area contributed by atoms with E-state index in [2.05, 4.69) is 136 Å². The van der Waals surface area contributed by atoms with E-state index in [0.717, 1.165) is 103 Å². The van der Waals surface area contributed by atoms with Crippen LogP contribution in [0.3, 0.4) is 0 Å². The lowest BCUT2D eigenvalue weighted by Crippen LogP contribution is -2.30. The summed E-state index contributed by atoms with van der Waals surface area (Å²) in [5.74, 6) is -0.971. The number of esters is 3. The summed E-state index contributed by atoms with van der Waals surface area (Å²) in [5.41, 5.74) is 0. The highest BCUT2D eigenvalue weighted by molar-refractivity contribution is 5.71. The average molecular weight is 1150 g/mol. The molecule has 0 radical (unpaired) electrons. The minimum Gasteiger partial charge on any atom is -0.462 e. The van der Waals surface area contributed by atoms with Crippen molar-refractivity contribution in [2.45, 2.75) is 335 Å². The van der Waals surface area contributed by atoms with Crippen LogP contribution in [0, 0.1) is 0 Å². The fourth-order valence-electron chi connectivity index (χ4n) is 9.82. The second kappa shape index (κ2) is 70.3. The lowest BCUT2D eigenvalue weighted by atomic mass is 10.0. The van der Waals surface area contributed by atoms with Gasteiger partial charge in [0.1, 0.15) is 13.2 Å². The Bertz CT molecular complexity index is 1700. The number of hydrogen-bond donors (Lipinski definition) is 0. The van der Waals surface area contributed by atoms with Crippen LogP contribution < -0.4 is 0 Å². The number of unbranched alkanes of at least 4 members (excludes halogenated alkanes) is 32. The molecule has 0 aliphatic rings. The first-order chi connectivity index (χ1) is 41.0. The molecule has 6 heteroatoms. The molecule has 0 fully saturated rings. The Morgan fingerprint density at radius 3 is 0.807 bits per heavy atom. The zero-order valence-electron chi connectivity index (χ0n) is 54.4. The highest BCUT2D eigenvalue weighted by Gasteiger charge is 2.19. The molecule has 474 valence electrons. The third-order valence-corrected chi connectivity index (χ3v) is 15.0. The van der Waals surface area contributed by atoms with E-state index in [9.17, 15) is 14.4 Å². The van der Waals surface area contributed by atoms with Crippen molar-refractivity contribution in [1.82, 2.24) is 0 Å². The lowest BCUT2D eigenvalue weighted by molar-refractivity contribution is -0.166. The van der Waals surface area contributed by atoms with Crippen LogP contribution in [0.5, 0.6) is 0 Å². The van der Waals surface area contributed by atoms with Crippen LogP contribution >= 0.6 is 0 Å². The Kier molecular flexibility index (Phi) is 66.7. The van der Waals surface area contributed by atoms with Gasteiger partial charge in [-0.15, -0.1) is 0 Å². The van der Waals surface area contributed by atoms with E-state index < -0.39 is 6.10 Å². The Labute approximate surface area is 513 Å². The highest BCUT2D eigenvalue weighted by Crippen LogP contribution is 2.17. The van der Waals surface area contributed by atoms with Crippen LogP contribution in [0.1, 0.15) is 329 Å². The summed E-state index contributed by atoms with van der Waals surface area (Å²) in [6.45, 7) is 6.38. The SMILES string of the molecule is CC/C=C\C/C=C\C/C=C\C/C=C\C/C=C\C/C=C\CCCCCCCCCCCCCCCCC(=O)OCC(COC(=O)CC/C=C\C/C=C\C/C=C\C/C=C\CC)OC(=O)CCCCCCCCCCCCCCCCCCCCC. The molecule has 1 unspecified atom stereocenters. The van der Waals surface area contributed by atoms with E-state index in [4.69, 9.17) is 14.2 Å². The van der Waals surface area contributed by atoms with Crippen LogP contribution in [-0.2, 0) is 28.6 Å². The molecule has 0 aliphatic carbocycles. The highest BCUT2D eigenvalue weighted by atomic mass is 16.6. The van der Waals surface area contributed by atoms with Crippen LogP contribution in [0.2, 0.25) is 0 Å². The van der Waals surface area contributed by atoms with Crippen molar-refractivity contribution in [3.63, 3.8) is 0 Å². The molecule has 0 saturated heterocycles. The molecule has 0 aromatic carbocycles. The smallest absolute Gasteiger partial charge is 0.306 e. The molecule has 0 amide bonds. The summed E-state index contributed by atoms with van der Waals surface area (Å²) < 4.78 is 16.9. The normalized spacial score (nSPS) is 12.9. The van der Waals surface area contributed by atoms with Gasteiger partial charge >= 0.3 is 17.9 Å². The van der Waals surface area contributed by atoms with Gasteiger partial charge in [0.15, 0.2) is 6.10 Å². The molecule has 0 bridgehead atoms. The zero-order chi connectivity index (χ0) is 59.9. The number of carbonyl (C=O) groups excluding carboxylic acids is 3. The lowest BCUT2D eigenvalue weighted by Gasteiger charge is -2.18. The molecule has 0 rings (SSSR count). The summed E-state index contributed by atoms with van der Waals surface area (Å²) >= 11 is 0. The van der Waals surface area contributed by atoms with Gasteiger partial charge in [-0.2, -0.15) is 0 Å². The molecule has 83 heavy (non-hydrogen) atoms. The van der Waals surface area contributed by atoms with Gasteiger partial charge in [-0.05, 0) is 96.3 Å². The molecular formula is C77H130O6. The maximum atomic E-state index is 12.9. The second-order valence-electron chi connectivity index (χ2n) is 23.0. The number of ether oxygens (including phenoxy) is 3. The minimum atomic E-state index is -0.808. The maximum Gasteiger partial charge on any atom is 0.306 e. The number of allylic oxidation sites excluding steroid dienone is 20. The summed E-state index contributed by atoms with van der Waals surface area (Å²) in [5, 5.41) is 0. The van der Waals surface area contributed by atoms with Gasteiger partial charge in [0.05, 0.1) is 0 Å². The first-order valence-electron chi connectivity index (χ1n) is 35.0. The predicted molar refractivity (Wildman–Crippen MR) is 362 cm³/mol. The summed E-state index contributed by atoms with van der Waals surface area (Å²) in [6.07, 6.45) is 98.2. The van der Waals surface area contributed by atoms with Crippen LogP contribution in [0.4, 0.5) is 0 Å². The number of hydrogen-bond acceptors (Lipinski definition) is 6. The molecule has 1 atom stereocenters. The number of rotatable bonds is 63. The van der Waals surface area contributed by atoms with E-state index in [-0.39, 0.29) is 37.5 Å². The third-order valence-electron chi connectivity index (χ3n) is 15.0. The summed E-state index contributed by atoms with van der Waals surface area (Å²) in [7, 11) is 0. The van der Waals surface area contributed by atoms with E-state index in [0.29, 0.717) is 19.3 Å². The van der Waals surface area contributed by atoms with E-state index >= 15 is 0 Å². The van der Waals surface area contributed by atoms with E-state index in [1.165, 1.54) is 180 Å². The van der Waals surface area contributed by atoms with Crippen molar-refractivity contribution in [1.29, 1.82) is 0 Å². The Hall–Kier alpha value is -4.19. The van der Waals surface area contributed by atoms with Gasteiger partial charge in [-0.3, -0.25) is 14.4 Å². The van der Waals surface area contributed by atoms with E-state index in [1.54, 1.807) is 0 Å². The fraction of sp³-hybridized carbons (Fsp3) is 0.701. The molecule has 0 heterocycles. The Balaban J connectivity index is 4.24. The van der Waals surface area contributed by atoms with Gasteiger partial charge in [0.2, 0.25) is 0 Å². The number of carbonyl (C=O) groups is 3. The predicted octanol–water partition coefficient (Wildman–Crippen LogP) is 24.3. The summed E-state index contributed by atoms with van der Waals surface area (Å²) in [4.78, 5) is 38.3. The third kappa shape index (κ3) is 68.5. The Morgan fingerprint density at radius 2 is 0.494 bits per heavy atom. The molecule has 0 aromatic heterocycles. The van der Waals surface area contributed by atoms with Crippen molar-refractivity contribution >= 4 is 17.9 Å². The molecule has 0 N–H and O–H groups in total. The fourth-order valence-corrected chi connectivity index (χ4v) is 9.82. The van der Waals surface area contributed by atoms with Crippen LogP contribution in [-0.4, -0.2) is 37.2 Å². The molecule has 0 spiro atoms. The van der Waals surface area contributed by atoms with Crippen molar-refractivity contribution < 1.29 is 28.6 Å². The maximum absolute atomic E-state index is 12.9. The summed E-state index contributed by atoms with van der Waals surface area (Å²) in [6, 6.07) is 0. The molecule has 0 aliphatic heterocycles. The van der Waals surface area contributed by atoms with Gasteiger partial charge in [0.25, 0.3) is 0 Å². The van der Waals surface area contributed by atoms with Gasteiger partial charge < -0.3 is 14.2 Å². The van der Waals surface area contributed by atoms with Crippen molar-refractivity contribution in [3.8, 4) is 0 Å². The van der Waals surface area contributed by atoms with Gasteiger partial charge in [-0.1, -0.05) is 335 Å². The van der Waals surface area contributed by atoms with Crippen molar-refractivity contribution in [2.24, 2.45) is 0 Å². The molecular weight excluding hydrogens is 1020 g/mol. The first-order valence-corrected chi connectivity index (χ1v) is 35.0. The second-order valence-corrected chi connectivity index (χ2v) is 23.0. The van der Waals surface area contributed by atoms with Gasteiger partial charge in [0, 0.05) is 19.3 Å². The largest absolute Gasteiger partial charge is 0.462 e. The van der Waals surface area contributed by atoms with Gasteiger partial charge in [-0.25, -0.2) is 0 Å². The molecule has 0 saturated carbocycles. The minimum absolute atomic E-state index is 0.0982. The van der Waals surface area contributed by atoms with Crippen LogP contribution in [0.25, 0.3) is 0 Å². The average Bonchev–Trinajstić information content (AvgIpc) is 3.49. The molecule has 6 nitrogen and oxygen atoms in total. The van der Waals surface area contributed by atoms with E-state index in [1.807, 2.05) is 6.08 Å². The van der Waals surface area contributed by atoms with Crippen molar-refractivity contribution in [2.75, 3.05) is 13.2 Å². The topological polar surface area (TPSA) is 78.9 Å². The standard InChI is InChI=1S/C77H130O6/c1-4-7-10-13-16-19-22-25-27-29-31-32-33-34-35-36-37-38-39-40-41-42-43-44-46-47-49-52-55-58-61-64-67-70-76(79)82-73-74(72-81-75(78)69-66-63-60-57-54-51-24-21-18-15-12-9-6-3)83-77(80)71-68-65-62-59-56-53-50-48-45-30-28-26-23-20-17-14-11-8-5-2/h7,9-10,12,16,18-19,21,25,27,31-32,34-35,37-38,51,54,60,63,74H,4-6,8,11,13-15,17,20,22-24,26,28-30,33,36,39-50,52-53,55-59,61-62,64-73H2,1-3H3/b10-7-,12-9-,19-16-,21-18-,27-25-,32-31-,35-34-,38-37-,54-51-,63-60-. The quantitative estimate of drug-likeness (QED) is 0.0261. The first kappa shape index (κ1) is 78.8. The molecule has 0 aromatic rings.